The fourth-order valence-electron chi connectivity index (χ4n) is 6.34. The summed E-state index contributed by atoms with van der Waals surface area (Å²) in [4.78, 5) is 14.3. The number of furan rings is 1. The van der Waals surface area contributed by atoms with Crippen LogP contribution in [0.4, 0.5) is 0 Å². The Morgan fingerprint density at radius 3 is 2.18 bits per heavy atom. The second-order valence-corrected chi connectivity index (χ2v) is 12.2. The van der Waals surface area contributed by atoms with Crippen LogP contribution in [-0.2, 0) is 0 Å². The third kappa shape index (κ3) is 4.41. The molecule has 0 radical (unpaired) electrons. The zero-order valence-electron chi connectivity index (χ0n) is 31.8. The van der Waals surface area contributed by atoms with Gasteiger partial charge in [0, 0.05) is 30.4 Å². The highest BCUT2D eigenvalue weighted by atomic mass is 16.3. The minimum Gasteiger partial charge on any atom is -0.437 e. The first kappa shape index (κ1) is 21.8. The van der Waals surface area contributed by atoms with Crippen LogP contribution in [0.1, 0.15) is 81.5 Å². The molecular formula is C39H38N4O. The number of pyridine rings is 2. The van der Waals surface area contributed by atoms with Crippen molar-refractivity contribution in [2.45, 2.75) is 67.1 Å². The smallest absolute Gasteiger partial charge is 0.227 e. The summed E-state index contributed by atoms with van der Waals surface area (Å²) in [5, 5.41) is 0.787. The van der Waals surface area contributed by atoms with Crippen molar-refractivity contribution in [3.63, 3.8) is 0 Å². The summed E-state index contributed by atoms with van der Waals surface area (Å²) in [5.41, 5.74) is 9.57. The highest BCUT2D eigenvalue weighted by Crippen LogP contribution is 2.43. The summed E-state index contributed by atoms with van der Waals surface area (Å²) in [6.07, 6.45) is 0. The van der Waals surface area contributed by atoms with Gasteiger partial charge >= 0.3 is 0 Å². The summed E-state index contributed by atoms with van der Waals surface area (Å²) in [5.74, 6) is 0.822. The van der Waals surface area contributed by atoms with Gasteiger partial charge in [-0.1, -0.05) is 64.1 Å². The van der Waals surface area contributed by atoms with Crippen molar-refractivity contribution in [2.75, 3.05) is 0 Å². The largest absolute Gasteiger partial charge is 0.437 e. The van der Waals surface area contributed by atoms with Gasteiger partial charge in [0.05, 0.1) is 22.5 Å². The van der Waals surface area contributed by atoms with Crippen molar-refractivity contribution in [1.29, 1.82) is 0 Å². The van der Waals surface area contributed by atoms with E-state index in [9.17, 15) is 0 Å². The Balaban J connectivity index is 1.64. The third-order valence-corrected chi connectivity index (χ3v) is 8.42. The first-order valence-electron chi connectivity index (χ1n) is 18.0. The molecule has 0 aliphatic heterocycles. The number of fused-ring (bicyclic) bond motifs is 4. The third-order valence-electron chi connectivity index (χ3n) is 8.42. The van der Waals surface area contributed by atoms with E-state index < -0.39 is 13.7 Å². The van der Waals surface area contributed by atoms with Crippen molar-refractivity contribution >= 4 is 33.1 Å². The Labute approximate surface area is 267 Å². The van der Waals surface area contributed by atoms with Gasteiger partial charge in [0.2, 0.25) is 5.71 Å². The average molecular weight is 585 g/mol. The Kier molecular flexibility index (Phi) is 5.19. The van der Waals surface area contributed by atoms with Gasteiger partial charge in [-0.25, -0.2) is 9.97 Å². The first-order chi connectivity index (χ1) is 23.5. The number of nitrogens with zero attached hydrogens (tertiary/aromatic N) is 4. The number of rotatable bonds is 5. The molecule has 5 nitrogen and oxygen atoms in total. The van der Waals surface area contributed by atoms with E-state index in [0.29, 0.717) is 27.7 Å². The van der Waals surface area contributed by atoms with Gasteiger partial charge in [0.1, 0.15) is 16.9 Å². The fourth-order valence-corrected chi connectivity index (χ4v) is 6.34. The molecule has 0 amide bonds. The lowest BCUT2D eigenvalue weighted by atomic mass is 9.88. The van der Waals surface area contributed by atoms with Gasteiger partial charge in [-0.3, -0.25) is 9.55 Å². The molecule has 3 aromatic carbocycles. The van der Waals surface area contributed by atoms with Gasteiger partial charge in [-0.05, 0) is 104 Å². The second-order valence-electron chi connectivity index (χ2n) is 12.2. The molecule has 0 atom stereocenters. The molecule has 0 bridgehead atoms. The highest BCUT2D eigenvalue weighted by molar-refractivity contribution is 6.10. The molecule has 7 aromatic rings. The number of aryl methyl sites for hydroxylation is 4. The lowest BCUT2D eigenvalue weighted by molar-refractivity contribution is 0.653. The Hall–Kier alpha value is -4.77. The SMILES string of the molecule is [2H]C([2H])([2H])c1ccc2c(n1)oc1c(-c3nc4c(C)nc(C)cc4n3-c3c(C(C)C)cc(-c4ccccc4)cc3C(C)C)ccc(C([2H])([2H])[2H])c12. The van der Waals surface area contributed by atoms with E-state index in [0.717, 1.165) is 44.8 Å². The molecular weight excluding hydrogens is 540 g/mol. The van der Waals surface area contributed by atoms with Crippen molar-refractivity contribution in [1.82, 2.24) is 19.5 Å². The maximum Gasteiger partial charge on any atom is 0.227 e. The van der Waals surface area contributed by atoms with Crippen LogP contribution in [-0.4, -0.2) is 19.5 Å². The first-order valence-corrected chi connectivity index (χ1v) is 15.0. The normalized spacial score (nSPS) is 14.6. The van der Waals surface area contributed by atoms with E-state index in [2.05, 4.69) is 61.5 Å². The van der Waals surface area contributed by atoms with Crippen molar-refractivity contribution < 1.29 is 12.6 Å². The minimum atomic E-state index is -2.48. The van der Waals surface area contributed by atoms with Crippen LogP contribution in [0.15, 0.2) is 77.2 Å². The summed E-state index contributed by atoms with van der Waals surface area (Å²) in [7, 11) is 0. The van der Waals surface area contributed by atoms with Crippen LogP contribution >= 0.6 is 0 Å². The average Bonchev–Trinajstić information content (AvgIpc) is 3.62. The molecule has 0 unspecified atom stereocenters. The van der Waals surface area contributed by atoms with Crippen LogP contribution in [0.5, 0.6) is 0 Å². The van der Waals surface area contributed by atoms with Crippen molar-refractivity contribution in [2.24, 2.45) is 0 Å². The molecule has 7 rings (SSSR count). The van der Waals surface area contributed by atoms with E-state index in [4.69, 9.17) is 22.6 Å². The summed E-state index contributed by atoms with van der Waals surface area (Å²) in [6, 6.07) is 23.2. The summed E-state index contributed by atoms with van der Waals surface area (Å²) >= 11 is 0. The predicted octanol–water partition coefficient (Wildman–Crippen LogP) is 10.5. The van der Waals surface area contributed by atoms with Gasteiger partial charge in [-0.15, -0.1) is 0 Å². The highest BCUT2D eigenvalue weighted by Gasteiger charge is 2.27. The number of benzene rings is 3. The second kappa shape index (κ2) is 10.4. The number of aromatic nitrogens is 4. The summed E-state index contributed by atoms with van der Waals surface area (Å²) < 4.78 is 57.5. The van der Waals surface area contributed by atoms with Gasteiger partial charge in [0.15, 0.2) is 0 Å². The maximum absolute atomic E-state index is 8.40. The zero-order chi connectivity index (χ0) is 35.9. The molecule has 0 saturated heterocycles. The topological polar surface area (TPSA) is 56.7 Å². The Bertz CT molecular complexity index is 2410. The molecule has 0 aliphatic rings. The standard InChI is InChI=1S/C39H38N4O/c1-21(2)31-19-28(27-12-10-9-11-13-27)20-32(22(3)4)36(31)43-33-18-25(7)40-26(8)35(33)42-38(43)30-16-14-23(5)34-29-17-15-24(6)41-39(29)44-37(30)34/h9-22H,1-8H3/i5D3,6D3. The molecule has 0 saturated carbocycles. The number of imidazole rings is 1. The molecule has 220 valence electrons. The van der Waals surface area contributed by atoms with Crippen molar-refractivity contribution in [3.8, 4) is 28.2 Å². The molecule has 0 spiro atoms. The van der Waals surface area contributed by atoms with E-state index in [-0.39, 0.29) is 34.4 Å². The number of hydrogen-bond acceptors (Lipinski definition) is 4. The molecule has 4 heterocycles. The predicted molar refractivity (Wildman–Crippen MR) is 182 cm³/mol. The molecule has 0 N–H and O–H groups in total. The quantitative estimate of drug-likeness (QED) is 0.202. The van der Waals surface area contributed by atoms with E-state index >= 15 is 0 Å². The van der Waals surface area contributed by atoms with Crippen LogP contribution in [0, 0.1) is 27.6 Å². The molecule has 5 heteroatoms. The van der Waals surface area contributed by atoms with Gasteiger partial charge in [-0.2, -0.15) is 0 Å². The molecule has 0 aliphatic carbocycles. The van der Waals surface area contributed by atoms with E-state index in [1.165, 1.54) is 6.07 Å². The van der Waals surface area contributed by atoms with Crippen LogP contribution in [0.3, 0.4) is 0 Å². The van der Waals surface area contributed by atoms with Crippen LogP contribution < -0.4 is 0 Å². The summed E-state index contributed by atoms with van der Waals surface area (Å²) in [6.45, 7) is 7.71. The Morgan fingerprint density at radius 1 is 0.750 bits per heavy atom. The van der Waals surface area contributed by atoms with Crippen molar-refractivity contribution in [3.05, 3.63) is 107 Å². The molecule has 0 fully saturated rings. The van der Waals surface area contributed by atoms with Gasteiger partial charge in [0.25, 0.3) is 0 Å². The monoisotopic (exact) mass is 584 g/mol. The van der Waals surface area contributed by atoms with Crippen LogP contribution in [0.2, 0.25) is 0 Å². The zero-order valence-corrected chi connectivity index (χ0v) is 25.8. The van der Waals surface area contributed by atoms with Gasteiger partial charge < -0.3 is 4.42 Å². The molecule has 4 aromatic heterocycles. The fraction of sp³-hybridized carbons (Fsp3) is 0.256. The lowest BCUT2D eigenvalue weighted by Gasteiger charge is -2.24. The molecule has 44 heavy (non-hydrogen) atoms. The van der Waals surface area contributed by atoms with E-state index in [1.807, 2.05) is 38.1 Å². The van der Waals surface area contributed by atoms with Crippen LogP contribution in [0.25, 0.3) is 61.3 Å². The van der Waals surface area contributed by atoms with E-state index in [1.54, 1.807) is 18.2 Å². The number of hydrogen-bond donors (Lipinski definition) is 0. The Morgan fingerprint density at radius 2 is 1.50 bits per heavy atom. The minimum absolute atomic E-state index is 0.0564. The maximum atomic E-state index is 8.40. The lowest BCUT2D eigenvalue weighted by Crippen LogP contribution is -2.09.